The van der Waals surface area contributed by atoms with Gasteiger partial charge in [-0.3, -0.25) is 9.59 Å². The molecule has 1 atom stereocenters. The summed E-state index contributed by atoms with van der Waals surface area (Å²) < 4.78 is 72.9. The second kappa shape index (κ2) is 10.8. The SMILES string of the molecule is COC(=O)c1ccc2c(c1C)CC[C@@H]2NC(=O)c1cc(C(=O)NCc2ccc(F)c(C(F)(F)F)c2)nc2c(F)cnn12. The van der Waals surface area contributed by atoms with Gasteiger partial charge in [0.2, 0.25) is 0 Å². The molecule has 0 aliphatic heterocycles. The van der Waals surface area contributed by atoms with Crippen molar-refractivity contribution in [1.82, 2.24) is 25.2 Å². The number of aromatic nitrogens is 3. The van der Waals surface area contributed by atoms with Gasteiger partial charge in [0, 0.05) is 12.6 Å². The number of nitrogens with zero attached hydrogens (tertiary/aromatic N) is 3. The third-order valence-electron chi connectivity index (χ3n) is 7.09. The van der Waals surface area contributed by atoms with Gasteiger partial charge >= 0.3 is 12.1 Å². The Kier molecular flexibility index (Phi) is 7.39. The molecule has 0 bridgehead atoms. The molecule has 0 fully saturated rings. The average Bonchev–Trinajstić information content (AvgIpc) is 3.54. The lowest BCUT2D eigenvalue weighted by molar-refractivity contribution is -0.140. The van der Waals surface area contributed by atoms with E-state index in [0.717, 1.165) is 39.5 Å². The van der Waals surface area contributed by atoms with Crippen molar-refractivity contribution in [1.29, 1.82) is 0 Å². The van der Waals surface area contributed by atoms with Crippen LogP contribution in [0.25, 0.3) is 5.65 Å². The topological polar surface area (TPSA) is 115 Å². The van der Waals surface area contributed by atoms with Gasteiger partial charge in [0.1, 0.15) is 17.2 Å². The minimum absolute atomic E-state index is 0.0443. The zero-order chi connectivity index (χ0) is 30.3. The number of halogens is 5. The summed E-state index contributed by atoms with van der Waals surface area (Å²) in [7, 11) is 1.28. The maximum atomic E-state index is 14.5. The van der Waals surface area contributed by atoms with Crippen molar-refractivity contribution in [3.05, 3.63) is 99.0 Å². The van der Waals surface area contributed by atoms with Crippen LogP contribution in [0, 0.1) is 18.6 Å². The summed E-state index contributed by atoms with van der Waals surface area (Å²) >= 11 is 0. The number of amides is 2. The molecule has 2 aromatic heterocycles. The highest BCUT2D eigenvalue weighted by Gasteiger charge is 2.34. The molecule has 2 N–H and O–H groups in total. The van der Waals surface area contributed by atoms with Crippen molar-refractivity contribution >= 4 is 23.4 Å². The van der Waals surface area contributed by atoms with Crippen molar-refractivity contribution in [3.63, 3.8) is 0 Å². The first-order valence-corrected chi connectivity index (χ1v) is 12.6. The van der Waals surface area contributed by atoms with Gasteiger partial charge < -0.3 is 15.4 Å². The zero-order valence-electron chi connectivity index (χ0n) is 22.1. The first-order chi connectivity index (χ1) is 19.9. The fourth-order valence-corrected chi connectivity index (χ4v) is 4.98. The molecule has 1 aliphatic rings. The maximum absolute atomic E-state index is 14.5. The summed E-state index contributed by atoms with van der Waals surface area (Å²) in [5.74, 6) is -4.46. The number of carbonyl (C=O) groups is 3. The minimum atomic E-state index is -4.93. The summed E-state index contributed by atoms with van der Waals surface area (Å²) in [5.41, 5.74) is 0.276. The number of ether oxygens (including phenoxy) is 1. The normalized spacial score (nSPS) is 14.5. The van der Waals surface area contributed by atoms with Gasteiger partial charge in [-0.15, -0.1) is 0 Å². The first-order valence-electron chi connectivity index (χ1n) is 12.6. The molecule has 2 amide bonds. The van der Waals surface area contributed by atoms with Crippen molar-refractivity contribution in [3.8, 4) is 0 Å². The quantitative estimate of drug-likeness (QED) is 0.254. The largest absolute Gasteiger partial charge is 0.465 e. The van der Waals surface area contributed by atoms with Crippen LogP contribution in [0.4, 0.5) is 22.0 Å². The number of methoxy groups -OCH3 is 1. The Labute approximate surface area is 234 Å². The summed E-state index contributed by atoms with van der Waals surface area (Å²) in [4.78, 5) is 42.3. The fourth-order valence-electron chi connectivity index (χ4n) is 4.98. The Morgan fingerprint density at radius 2 is 1.83 bits per heavy atom. The molecule has 4 aromatic rings. The van der Waals surface area contributed by atoms with Crippen LogP contribution >= 0.6 is 0 Å². The molecule has 2 aromatic carbocycles. The predicted molar refractivity (Wildman–Crippen MR) is 137 cm³/mol. The van der Waals surface area contributed by atoms with E-state index in [-0.39, 0.29) is 11.3 Å². The Morgan fingerprint density at radius 1 is 1.07 bits per heavy atom. The Hall–Kier alpha value is -4.88. The number of nitrogens with one attached hydrogen (secondary N) is 2. The molecule has 5 rings (SSSR count). The number of hydrogen-bond acceptors (Lipinski definition) is 6. The second-order valence-electron chi connectivity index (χ2n) is 9.61. The Morgan fingerprint density at radius 3 is 2.55 bits per heavy atom. The number of benzene rings is 2. The lowest BCUT2D eigenvalue weighted by Gasteiger charge is -2.16. The molecule has 0 saturated heterocycles. The summed E-state index contributed by atoms with van der Waals surface area (Å²) in [5, 5.41) is 9.05. The molecule has 2 heterocycles. The molecular weight excluding hydrogens is 565 g/mol. The number of hydrogen-bond donors (Lipinski definition) is 2. The van der Waals surface area contributed by atoms with Crippen LogP contribution in [0.2, 0.25) is 0 Å². The number of carbonyl (C=O) groups excluding carboxylic acids is 3. The monoisotopic (exact) mass is 587 g/mol. The number of alkyl halides is 3. The smallest absolute Gasteiger partial charge is 0.419 e. The fraction of sp³-hybridized carbons (Fsp3) is 0.250. The third kappa shape index (κ3) is 5.27. The average molecular weight is 588 g/mol. The van der Waals surface area contributed by atoms with E-state index in [1.165, 1.54) is 7.11 Å². The van der Waals surface area contributed by atoms with Crippen molar-refractivity contribution < 1.29 is 41.1 Å². The van der Waals surface area contributed by atoms with E-state index in [2.05, 4.69) is 20.7 Å². The molecular formula is C28H22F5N5O4. The molecule has 0 saturated carbocycles. The van der Waals surface area contributed by atoms with Gasteiger partial charge in [0.05, 0.1) is 30.5 Å². The Balaban J connectivity index is 1.39. The van der Waals surface area contributed by atoms with Gasteiger partial charge in [-0.05, 0) is 60.2 Å². The molecule has 42 heavy (non-hydrogen) atoms. The minimum Gasteiger partial charge on any atom is -0.465 e. The van der Waals surface area contributed by atoms with Crippen LogP contribution < -0.4 is 10.6 Å². The number of rotatable bonds is 6. The van der Waals surface area contributed by atoms with Gasteiger partial charge in [-0.1, -0.05) is 12.1 Å². The van der Waals surface area contributed by atoms with E-state index in [4.69, 9.17) is 4.74 Å². The summed E-state index contributed by atoms with van der Waals surface area (Å²) in [6.45, 7) is 1.36. The van der Waals surface area contributed by atoms with Gasteiger partial charge in [-0.25, -0.2) is 23.1 Å². The van der Waals surface area contributed by atoms with Gasteiger partial charge in [0.15, 0.2) is 11.5 Å². The number of esters is 1. The lowest BCUT2D eigenvalue weighted by atomic mass is 9.98. The van der Waals surface area contributed by atoms with Gasteiger partial charge in [-0.2, -0.15) is 18.3 Å². The predicted octanol–water partition coefficient (Wildman–Crippen LogP) is 4.47. The van der Waals surface area contributed by atoms with Crippen LogP contribution in [0.15, 0.2) is 42.6 Å². The highest BCUT2D eigenvalue weighted by Crippen LogP contribution is 2.35. The zero-order valence-corrected chi connectivity index (χ0v) is 22.1. The molecule has 1 aliphatic carbocycles. The third-order valence-corrected chi connectivity index (χ3v) is 7.09. The van der Waals surface area contributed by atoms with Gasteiger partial charge in [0.25, 0.3) is 11.8 Å². The second-order valence-corrected chi connectivity index (χ2v) is 9.61. The Bertz CT molecular complexity index is 1750. The summed E-state index contributed by atoms with van der Waals surface area (Å²) in [6.07, 6.45) is -3.02. The summed E-state index contributed by atoms with van der Waals surface area (Å²) in [6, 6.07) is 6.23. The van der Waals surface area contributed by atoms with E-state index in [1.54, 1.807) is 19.1 Å². The van der Waals surface area contributed by atoms with Crippen LogP contribution in [0.3, 0.4) is 0 Å². The maximum Gasteiger partial charge on any atom is 0.419 e. The van der Waals surface area contributed by atoms with Crippen molar-refractivity contribution in [2.24, 2.45) is 0 Å². The molecule has 14 heteroatoms. The number of fused-ring (bicyclic) bond motifs is 2. The van der Waals surface area contributed by atoms with Crippen LogP contribution in [-0.2, 0) is 23.9 Å². The standard InChI is InChI=1S/C28H22F5N5O4/c1-13-15-6-8-21(17(15)5-4-16(13)27(41)42-2)37-26(40)23-10-22(36-24-20(30)12-35-38(23)24)25(39)34-11-14-3-7-19(29)18(9-14)28(31,32)33/h3-5,7,9-10,12,21H,6,8,11H2,1-2H3,(H,34,39)(H,37,40)/t21-/m0/s1. The highest BCUT2D eigenvalue weighted by atomic mass is 19.4. The molecule has 0 unspecified atom stereocenters. The van der Waals surface area contributed by atoms with E-state index < -0.39 is 65.1 Å². The van der Waals surface area contributed by atoms with Crippen molar-refractivity contribution in [2.75, 3.05) is 7.11 Å². The molecule has 218 valence electrons. The van der Waals surface area contributed by atoms with E-state index in [9.17, 15) is 36.3 Å². The van der Waals surface area contributed by atoms with Crippen LogP contribution in [-0.4, -0.2) is 39.5 Å². The highest BCUT2D eigenvalue weighted by molar-refractivity contribution is 5.98. The van der Waals surface area contributed by atoms with E-state index >= 15 is 0 Å². The first kappa shape index (κ1) is 28.6. The molecule has 0 radical (unpaired) electrons. The lowest BCUT2D eigenvalue weighted by Crippen LogP contribution is -2.31. The van der Waals surface area contributed by atoms with Crippen LogP contribution in [0.5, 0.6) is 0 Å². The van der Waals surface area contributed by atoms with E-state index in [0.29, 0.717) is 30.5 Å². The van der Waals surface area contributed by atoms with E-state index in [1.807, 2.05) is 0 Å². The van der Waals surface area contributed by atoms with Crippen molar-refractivity contribution in [2.45, 2.75) is 38.5 Å². The molecule has 0 spiro atoms. The van der Waals surface area contributed by atoms with Crippen LogP contribution in [0.1, 0.15) is 71.6 Å². The molecule has 9 nitrogen and oxygen atoms in total.